The minimum absolute atomic E-state index is 1.25. The molecule has 0 fully saturated rings. The molecule has 0 atom stereocenters. The van der Waals surface area contributed by atoms with Gasteiger partial charge in [-0.2, -0.15) is 0 Å². The lowest BCUT2D eigenvalue weighted by molar-refractivity contribution is 1.66. The van der Waals surface area contributed by atoms with Gasteiger partial charge >= 0.3 is 0 Å². The third kappa shape index (κ3) is 3.75. The van der Waals surface area contributed by atoms with Gasteiger partial charge in [0.2, 0.25) is 0 Å². The van der Waals surface area contributed by atoms with Gasteiger partial charge in [0.1, 0.15) is 0 Å². The second-order valence-corrected chi connectivity index (χ2v) is 12.3. The molecule has 0 radical (unpaired) electrons. The lowest BCUT2D eigenvalue weighted by Gasteiger charge is -2.19. The van der Waals surface area contributed by atoms with Crippen molar-refractivity contribution >= 4 is 63.8 Å². The highest BCUT2D eigenvalue weighted by Crippen LogP contribution is 2.46. The van der Waals surface area contributed by atoms with Gasteiger partial charge in [0.25, 0.3) is 0 Å². The molecule has 0 saturated heterocycles. The first kappa shape index (κ1) is 24.4. The van der Waals surface area contributed by atoms with Crippen molar-refractivity contribution in [2.24, 2.45) is 0 Å². The highest BCUT2D eigenvalue weighted by atomic mass is 32.1. The Bertz CT molecular complexity index is 2440. The molecule has 1 heterocycles. The van der Waals surface area contributed by atoms with Crippen LogP contribution in [-0.4, -0.2) is 0 Å². The summed E-state index contributed by atoms with van der Waals surface area (Å²) in [5.74, 6) is 0. The van der Waals surface area contributed by atoms with E-state index in [1.807, 2.05) is 11.3 Å². The van der Waals surface area contributed by atoms with Crippen LogP contribution in [0.15, 0.2) is 158 Å². The number of benzene rings is 8. The van der Waals surface area contributed by atoms with Crippen LogP contribution in [0.3, 0.4) is 0 Å². The summed E-state index contributed by atoms with van der Waals surface area (Å²) in [7, 11) is 0. The Balaban J connectivity index is 1.31. The van der Waals surface area contributed by atoms with E-state index in [9.17, 15) is 0 Å². The molecule has 0 aliphatic carbocycles. The molecule has 43 heavy (non-hydrogen) atoms. The number of fused-ring (bicyclic) bond motifs is 6. The van der Waals surface area contributed by atoms with Gasteiger partial charge in [-0.15, -0.1) is 11.3 Å². The fourth-order valence-corrected chi connectivity index (χ4v) is 8.22. The summed E-state index contributed by atoms with van der Waals surface area (Å²) in [5, 5.41) is 10.3. The lowest BCUT2D eigenvalue weighted by atomic mass is 9.84. The molecule has 0 aliphatic heterocycles. The van der Waals surface area contributed by atoms with Crippen LogP contribution in [0.4, 0.5) is 0 Å². The number of thiophene rings is 1. The van der Waals surface area contributed by atoms with Crippen LogP contribution < -0.4 is 0 Å². The van der Waals surface area contributed by atoms with Gasteiger partial charge in [0.15, 0.2) is 0 Å². The van der Waals surface area contributed by atoms with Gasteiger partial charge in [0.05, 0.1) is 0 Å². The van der Waals surface area contributed by atoms with Crippen LogP contribution in [0.1, 0.15) is 0 Å². The van der Waals surface area contributed by atoms with Crippen LogP contribution >= 0.6 is 11.3 Å². The zero-order valence-electron chi connectivity index (χ0n) is 23.4. The van der Waals surface area contributed by atoms with E-state index in [1.54, 1.807) is 0 Å². The summed E-state index contributed by atoms with van der Waals surface area (Å²) in [4.78, 5) is 0. The Morgan fingerprint density at radius 1 is 0.326 bits per heavy atom. The van der Waals surface area contributed by atoms with E-state index >= 15 is 0 Å². The predicted molar refractivity (Wildman–Crippen MR) is 188 cm³/mol. The average molecular weight is 563 g/mol. The van der Waals surface area contributed by atoms with E-state index in [0.717, 1.165) is 0 Å². The Morgan fingerprint density at radius 2 is 0.907 bits per heavy atom. The Morgan fingerprint density at radius 3 is 1.65 bits per heavy atom. The normalized spacial score (nSPS) is 11.7. The second kappa shape index (κ2) is 9.66. The maximum Gasteiger partial charge on any atom is 0.0433 e. The molecule has 9 rings (SSSR count). The molecule has 0 N–H and O–H groups in total. The van der Waals surface area contributed by atoms with Gasteiger partial charge in [0, 0.05) is 20.2 Å². The standard InChI is InChI=1S/C42H26S/c1-2-12-27(13-3-1)40-34-16-4-6-18-36(34)41(37-19-7-5-17-35(37)40)33-21-10-14-28-26-29(24-25-30(28)33)31-20-11-22-38-32-15-8-9-23-39(32)43-42(31)38/h1-26H. The Hall–Kier alpha value is -5.24. The van der Waals surface area contributed by atoms with Gasteiger partial charge in [-0.25, -0.2) is 0 Å². The molecule has 0 nitrogen and oxygen atoms in total. The van der Waals surface area contributed by atoms with Gasteiger partial charge in [-0.3, -0.25) is 0 Å². The smallest absolute Gasteiger partial charge is 0.0433 e. The van der Waals surface area contributed by atoms with E-state index in [2.05, 4.69) is 158 Å². The molecular formula is C42H26S. The van der Waals surface area contributed by atoms with Crippen LogP contribution in [0.5, 0.6) is 0 Å². The molecule has 1 heteroatoms. The first-order valence-electron chi connectivity index (χ1n) is 14.8. The first-order chi connectivity index (χ1) is 21.3. The van der Waals surface area contributed by atoms with Crippen LogP contribution in [0, 0.1) is 0 Å². The Labute approximate surface area is 254 Å². The predicted octanol–water partition coefficient (Wildman–Crippen LogP) is 12.5. The fourth-order valence-electron chi connectivity index (χ4n) is 6.98. The van der Waals surface area contributed by atoms with Crippen molar-refractivity contribution in [3.8, 4) is 33.4 Å². The molecule has 0 saturated carbocycles. The topological polar surface area (TPSA) is 0 Å². The minimum atomic E-state index is 1.25. The van der Waals surface area contributed by atoms with E-state index in [0.29, 0.717) is 0 Å². The molecule has 0 spiro atoms. The largest absolute Gasteiger partial charge is 0.135 e. The van der Waals surface area contributed by atoms with E-state index in [-0.39, 0.29) is 0 Å². The van der Waals surface area contributed by atoms with Crippen molar-refractivity contribution in [2.75, 3.05) is 0 Å². The minimum Gasteiger partial charge on any atom is -0.135 e. The molecule has 9 aromatic rings. The maximum atomic E-state index is 2.38. The molecule has 0 amide bonds. The summed E-state index contributed by atoms with van der Waals surface area (Å²) in [6, 6.07) is 57.9. The maximum absolute atomic E-state index is 2.38. The molecule has 0 bridgehead atoms. The Kier molecular flexibility index (Phi) is 5.47. The quantitative estimate of drug-likeness (QED) is 0.188. The lowest BCUT2D eigenvalue weighted by Crippen LogP contribution is -1.91. The molecule has 8 aromatic carbocycles. The van der Waals surface area contributed by atoms with Gasteiger partial charge in [-0.1, -0.05) is 146 Å². The van der Waals surface area contributed by atoms with E-state index in [1.165, 1.54) is 85.9 Å². The van der Waals surface area contributed by atoms with Crippen molar-refractivity contribution in [3.05, 3.63) is 158 Å². The third-order valence-corrected chi connectivity index (χ3v) is 10.1. The highest BCUT2D eigenvalue weighted by molar-refractivity contribution is 7.26. The molecule has 0 aliphatic rings. The zero-order valence-corrected chi connectivity index (χ0v) is 24.2. The number of hydrogen-bond donors (Lipinski definition) is 0. The van der Waals surface area contributed by atoms with Crippen LogP contribution in [0.2, 0.25) is 0 Å². The first-order valence-corrected chi connectivity index (χ1v) is 15.6. The summed E-state index contributed by atoms with van der Waals surface area (Å²) in [6.07, 6.45) is 0. The van der Waals surface area contributed by atoms with Gasteiger partial charge < -0.3 is 0 Å². The zero-order chi connectivity index (χ0) is 28.3. The van der Waals surface area contributed by atoms with Crippen molar-refractivity contribution < 1.29 is 0 Å². The summed E-state index contributed by atoms with van der Waals surface area (Å²) < 4.78 is 2.69. The van der Waals surface area contributed by atoms with Crippen molar-refractivity contribution in [3.63, 3.8) is 0 Å². The molecular weight excluding hydrogens is 537 g/mol. The van der Waals surface area contributed by atoms with Crippen molar-refractivity contribution in [2.45, 2.75) is 0 Å². The second-order valence-electron chi connectivity index (χ2n) is 11.2. The van der Waals surface area contributed by atoms with Crippen molar-refractivity contribution in [1.29, 1.82) is 0 Å². The molecule has 1 aromatic heterocycles. The monoisotopic (exact) mass is 562 g/mol. The van der Waals surface area contributed by atoms with Crippen LogP contribution in [0.25, 0.3) is 85.9 Å². The molecule has 0 unspecified atom stereocenters. The summed E-state index contributed by atoms with van der Waals surface area (Å²) >= 11 is 1.89. The van der Waals surface area contributed by atoms with E-state index < -0.39 is 0 Å². The highest BCUT2D eigenvalue weighted by Gasteiger charge is 2.18. The number of rotatable bonds is 3. The van der Waals surface area contributed by atoms with Gasteiger partial charge in [-0.05, 0) is 77.8 Å². The summed E-state index contributed by atoms with van der Waals surface area (Å²) in [6.45, 7) is 0. The van der Waals surface area contributed by atoms with E-state index in [4.69, 9.17) is 0 Å². The number of hydrogen-bond acceptors (Lipinski definition) is 1. The summed E-state index contributed by atoms with van der Waals surface area (Å²) in [5.41, 5.74) is 7.69. The van der Waals surface area contributed by atoms with Crippen molar-refractivity contribution in [1.82, 2.24) is 0 Å². The SMILES string of the molecule is c1ccc(-c2c3ccccc3c(-c3cccc4cc(-c5cccc6c5sc5ccccc56)ccc34)c3ccccc23)cc1. The fraction of sp³-hybridized carbons (Fsp3) is 0. The molecule has 200 valence electrons. The average Bonchev–Trinajstić information content (AvgIpc) is 3.46. The third-order valence-electron chi connectivity index (χ3n) is 8.86. The van der Waals surface area contributed by atoms with Crippen LogP contribution in [-0.2, 0) is 0 Å².